The van der Waals surface area contributed by atoms with Crippen LogP contribution in [0.2, 0.25) is 0 Å². The maximum absolute atomic E-state index is 5.79. The summed E-state index contributed by atoms with van der Waals surface area (Å²) in [5.41, 5.74) is 0. The van der Waals surface area contributed by atoms with E-state index in [2.05, 4.69) is 4.90 Å². The average Bonchev–Trinajstić information content (AvgIpc) is 2.26. The summed E-state index contributed by atoms with van der Waals surface area (Å²) in [5.74, 6) is 1.67. The highest BCUT2D eigenvalue weighted by molar-refractivity contribution is 6.17. The van der Waals surface area contributed by atoms with Gasteiger partial charge in [0.15, 0.2) is 0 Å². The molecule has 0 spiro atoms. The second-order valence-corrected chi connectivity index (χ2v) is 4.86. The van der Waals surface area contributed by atoms with Crippen molar-refractivity contribution in [1.29, 1.82) is 0 Å². The summed E-state index contributed by atoms with van der Waals surface area (Å²) in [5, 5.41) is 0. The van der Waals surface area contributed by atoms with Crippen LogP contribution in [-0.2, 0) is 4.74 Å². The van der Waals surface area contributed by atoms with Gasteiger partial charge in [0.2, 0.25) is 0 Å². The van der Waals surface area contributed by atoms with E-state index in [-0.39, 0.29) is 0 Å². The SMILES string of the molecule is COCCCCN1CCCC(CCCl)C1. The highest BCUT2D eigenvalue weighted by atomic mass is 35.5. The summed E-state index contributed by atoms with van der Waals surface area (Å²) in [6.07, 6.45) is 6.37. The highest BCUT2D eigenvalue weighted by Gasteiger charge is 2.18. The molecule has 1 heterocycles. The van der Waals surface area contributed by atoms with Crippen molar-refractivity contribution in [2.45, 2.75) is 32.1 Å². The number of halogens is 1. The van der Waals surface area contributed by atoms with Crippen molar-refractivity contribution < 1.29 is 4.74 Å². The molecule has 0 aromatic carbocycles. The molecular weight excluding hydrogens is 210 g/mol. The molecule has 0 radical (unpaired) electrons. The van der Waals surface area contributed by atoms with Crippen LogP contribution in [0.15, 0.2) is 0 Å². The van der Waals surface area contributed by atoms with Crippen molar-refractivity contribution in [3.63, 3.8) is 0 Å². The summed E-state index contributed by atoms with van der Waals surface area (Å²) in [7, 11) is 1.78. The third-order valence-corrected chi connectivity index (χ3v) is 3.41. The zero-order valence-corrected chi connectivity index (χ0v) is 10.6. The smallest absolute Gasteiger partial charge is 0.0462 e. The molecular formula is C12H24ClNO. The number of unbranched alkanes of at least 4 members (excludes halogenated alkanes) is 1. The predicted octanol–water partition coefficient (Wildman–Crippen LogP) is 2.75. The second-order valence-electron chi connectivity index (χ2n) is 4.49. The Hall–Kier alpha value is 0.210. The van der Waals surface area contributed by atoms with Crippen LogP contribution in [0.5, 0.6) is 0 Å². The van der Waals surface area contributed by atoms with Gasteiger partial charge in [-0.05, 0) is 51.1 Å². The number of hydrogen-bond acceptors (Lipinski definition) is 2. The van der Waals surface area contributed by atoms with Crippen LogP contribution in [-0.4, -0.2) is 44.1 Å². The molecule has 3 heteroatoms. The van der Waals surface area contributed by atoms with Gasteiger partial charge in [0.1, 0.15) is 0 Å². The first-order chi connectivity index (χ1) is 7.36. The van der Waals surface area contributed by atoms with Gasteiger partial charge in [-0.15, -0.1) is 11.6 Å². The Morgan fingerprint density at radius 3 is 3.00 bits per heavy atom. The Morgan fingerprint density at radius 2 is 2.27 bits per heavy atom. The van der Waals surface area contributed by atoms with Gasteiger partial charge in [0.25, 0.3) is 0 Å². The highest BCUT2D eigenvalue weighted by Crippen LogP contribution is 2.20. The van der Waals surface area contributed by atoms with Crippen molar-refractivity contribution in [2.75, 3.05) is 39.2 Å². The Kier molecular flexibility index (Phi) is 7.41. The van der Waals surface area contributed by atoms with E-state index in [9.17, 15) is 0 Å². The molecule has 0 aromatic rings. The second kappa shape index (κ2) is 8.37. The molecule has 1 aliphatic rings. The van der Waals surface area contributed by atoms with Crippen molar-refractivity contribution in [1.82, 2.24) is 4.90 Å². The van der Waals surface area contributed by atoms with E-state index in [4.69, 9.17) is 16.3 Å². The summed E-state index contributed by atoms with van der Waals surface area (Å²) in [4.78, 5) is 2.59. The van der Waals surface area contributed by atoms with Crippen molar-refractivity contribution >= 4 is 11.6 Å². The van der Waals surface area contributed by atoms with Gasteiger partial charge in [-0.3, -0.25) is 0 Å². The monoisotopic (exact) mass is 233 g/mol. The quantitative estimate of drug-likeness (QED) is 0.495. The van der Waals surface area contributed by atoms with Crippen LogP contribution in [0.3, 0.4) is 0 Å². The molecule has 90 valence electrons. The molecule has 1 rings (SSSR count). The fourth-order valence-corrected chi connectivity index (χ4v) is 2.63. The molecule has 0 amide bonds. The summed E-state index contributed by atoms with van der Waals surface area (Å²) >= 11 is 5.79. The maximum atomic E-state index is 5.79. The fourth-order valence-electron chi connectivity index (χ4n) is 2.33. The predicted molar refractivity (Wildman–Crippen MR) is 65.6 cm³/mol. The zero-order chi connectivity index (χ0) is 10.9. The minimum Gasteiger partial charge on any atom is -0.385 e. The molecule has 0 bridgehead atoms. The molecule has 15 heavy (non-hydrogen) atoms. The number of likely N-dealkylation sites (tertiary alicyclic amines) is 1. The molecule has 0 N–H and O–H groups in total. The summed E-state index contributed by atoms with van der Waals surface area (Å²) < 4.78 is 5.05. The number of piperidine rings is 1. The van der Waals surface area contributed by atoms with Crippen molar-refractivity contribution in [3.8, 4) is 0 Å². The van der Waals surface area contributed by atoms with E-state index in [1.165, 1.54) is 51.7 Å². The lowest BCUT2D eigenvalue weighted by atomic mass is 9.95. The minimum absolute atomic E-state index is 0.822. The summed E-state index contributed by atoms with van der Waals surface area (Å²) in [6, 6.07) is 0. The normalized spacial score (nSPS) is 23.2. The van der Waals surface area contributed by atoms with Crippen LogP contribution in [0.25, 0.3) is 0 Å². The maximum Gasteiger partial charge on any atom is 0.0462 e. The van der Waals surface area contributed by atoms with Crippen LogP contribution in [0, 0.1) is 5.92 Å². The lowest BCUT2D eigenvalue weighted by molar-refractivity contribution is 0.155. The Labute approximate surface area is 98.9 Å². The van der Waals surface area contributed by atoms with E-state index in [1.807, 2.05) is 0 Å². The first kappa shape index (κ1) is 13.3. The van der Waals surface area contributed by atoms with Gasteiger partial charge in [-0.2, -0.15) is 0 Å². The van der Waals surface area contributed by atoms with Gasteiger partial charge < -0.3 is 9.64 Å². The lowest BCUT2D eigenvalue weighted by Crippen LogP contribution is -2.36. The third-order valence-electron chi connectivity index (χ3n) is 3.19. The number of rotatable bonds is 7. The largest absolute Gasteiger partial charge is 0.385 e. The standard InChI is InChI=1S/C12H24ClNO/c1-15-10-3-2-8-14-9-4-5-12(11-14)6-7-13/h12H,2-11H2,1H3. The van der Waals surface area contributed by atoms with Gasteiger partial charge in [0, 0.05) is 26.1 Å². The van der Waals surface area contributed by atoms with Crippen LogP contribution < -0.4 is 0 Å². The van der Waals surface area contributed by atoms with Gasteiger partial charge >= 0.3 is 0 Å². The van der Waals surface area contributed by atoms with Crippen LogP contribution >= 0.6 is 11.6 Å². The number of alkyl halides is 1. The molecule has 1 aliphatic heterocycles. The van der Waals surface area contributed by atoms with Crippen LogP contribution in [0.1, 0.15) is 32.1 Å². The van der Waals surface area contributed by atoms with E-state index in [0.29, 0.717) is 0 Å². The Morgan fingerprint density at radius 1 is 1.40 bits per heavy atom. The van der Waals surface area contributed by atoms with E-state index < -0.39 is 0 Å². The number of methoxy groups -OCH3 is 1. The first-order valence-corrected chi connectivity index (χ1v) is 6.67. The zero-order valence-electron chi connectivity index (χ0n) is 9.88. The molecule has 1 unspecified atom stereocenters. The van der Waals surface area contributed by atoms with Crippen molar-refractivity contribution in [2.24, 2.45) is 5.92 Å². The third kappa shape index (κ3) is 5.74. The molecule has 1 fully saturated rings. The van der Waals surface area contributed by atoms with E-state index in [1.54, 1.807) is 7.11 Å². The Bertz CT molecular complexity index is 153. The van der Waals surface area contributed by atoms with Gasteiger partial charge in [-0.25, -0.2) is 0 Å². The van der Waals surface area contributed by atoms with Gasteiger partial charge in [0.05, 0.1) is 0 Å². The molecule has 2 nitrogen and oxygen atoms in total. The van der Waals surface area contributed by atoms with E-state index in [0.717, 1.165) is 18.4 Å². The molecule has 0 aromatic heterocycles. The van der Waals surface area contributed by atoms with Gasteiger partial charge in [-0.1, -0.05) is 0 Å². The van der Waals surface area contributed by atoms with Crippen LogP contribution in [0.4, 0.5) is 0 Å². The first-order valence-electron chi connectivity index (χ1n) is 6.14. The fraction of sp³-hybridized carbons (Fsp3) is 1.00. The molecule has 0 saturated carbocycles. The Balaban J connectivity index is 2.07. The topological polar surface area (TPSA) is 12.5 Å². The molecule has 0 aliphatic carbocycles. The minimum atomic E-state index is 0.822. The summed E-state index contributed by atoms with van der Waals surface area (Å²) in [6.45, 7) is 4.69. The van der Waals surface area contributed by atoms with E-state index >= 15 is 0 Å². The molecule has 1 saturated heterocycles. The average molecular weight is 234 g/mol. The number of nitrogens with zero attached hydrogens (tertiary/aromatic N) is 1. The van der Waals surface area contributed by atoms with Crippen molar-refractivity contribution in [3.05, 3.63) is 0 Å². The lowest BCUT2D eigenvalue weighted by Gasteiger charge is -2.32. The molecule has 1 atom stereocenters. The number of ether oxygens (including phenoxy) is 1. The number of hydrogen-bond donors (Lipinski definition) is 0.